The molecular formula is C25H25NO3. The van der Waals surface area contributed by atoms with Gasteiger partial charge in [-0.15, -0.1) is 0 Å². The molecule has 4 nitrogen and oxygen atoms in total. The van der Waals surface area contributed by atoms with Crippen LogP contribution in [0.1, 0.15) is 36.5 Å². The van der Waals surface area contributed by atoms with Crippen LogP contribution in [0.3, 0.4) is 0 Å². The minimum atomic E-state index is -0.483. The Morgan fingerprint density at radius 2 is 1.86 bits per heavy atom. The number of nitrogens with zero attached hydrogens (tertiary/aromatic N) is 1. The van der Waals surface area contributed by atoms with Crippen molar-refractivity contribution in [2.24, 2.45) is 0 Å². The molecule has 2 aromatic carbocycles. The number of aromatic nitrogens is 1. The number of carbonyl (C=O) groups is 1. The smallest absolute Gasteiger partial charge is 0.316 e. The van der Waals surface area contributed by atoms with Crippen LogP contribution in [-0.2, 0) is 32.9 Å². The van der Waals surface area contributed by atoms with Gasteiger partial charge in [0.2, 0.25) is 0 Å². The van der Waals surface area contributed by atoms with E-state index >= 15 is 0 Å². The molecule has 1 aliphatic carbocycles. The fourth-order valence-electron chi connectivity index (χ4n) is 3.68. The van der Waals surface area contributed by atoms with Crippen molar-refractivity contribution in [2.45, 2.75) is 38.4 Å². The molecule has 148 valence electrons. The molecule has 0 atom stereocenters. The molecule has 1 saturated carbocycles. The Kier molecular flexibility index (Phi) is 5.72. The minimum absolute atomic E-state index is 0.116. The number of carbonyl (C=O) groups excluding carboxylic acids is 1. The molecule has 0 N–H and O–H groups in total. The summed E-state index contributed by atoms with van der Waals surface area (Å²) in [6, 6.07) is 20.5. The van der Waals surface area contributed by atoms with Crippen LogP contribution in [0.5, 0.6) is 0 Å². The number of hydrogen-bond acceptors (Lipinski definition) is 4. The summed E-state index contributed by atoms with van der Waals surface area (Å²) in [6.07, 6.45) is 5.25. The third-order valence-corrected chi connectivity index (χ3v) is 5.41. The second-order valence-corrected chi connectivity index (χ2v) is 7.39. The predicted molar refractivity (Wildman–Crippen MR) is 112 cm³/mol. The van der Waals surface area contributed by atoms with Crippen LogP contribution in [0.15, 0.2) is 73.1 Å². The van der Waals surface area contributed by atoms with Crippen molar-refractivity contribution in [3.63, 3.8) is 0 Å². The Hall–Kier alpha value is -2.98. The van der Waals surface area contributed by atoms with Crippen LogP contribution in [0.4, 0.5) is 0 Å². The Labute approximate surface area is 171 Å². The van der Waals surface area contributed by atoms with E-state index in [0.717, 1.165) is 40.7 Å². The summed E-state index contributed by atoms with van der Waals surface area (Å²) in [6.45, 7) is 3.22. The summed E-state index contributed by atoms with van der Waals surface area (Å²) < 4.78 is 11.3. The fraction of sp³-hybridized carbons (Fsp3) is 0.280. The summed E-state index contributed by atoms with van der Waals surface area (Å²) in [5.41, 5.74) is 4.92. The largest absolute Gasteiger partial charge is 0.465 e. The SMILES string of the molecule is CCOC(=O)C1(c2ccc(-c3ccccc3)c(COCc3cccnc3)c2)CC1. The van der Waals surface area contributed by atoms with Crippen LogP contribution in [-0.4, -0.2) is 17.6 Å². The van der Waals surface area contributed by atoms with E-state index in [1.54, 1.807) is 6.20 Å². The summed E-state index contributed by atoms with van der Waals surface area (Å²) in [7, 11) is 0. The molecule has 0 saturated heterocycles. The molecular weight excluding hydrogens is 362 g/mol. The van der Waals surface area contributed by atoms with Crippen LogP contribution in [0, 0.1) is 0 Å². The molecule has 0 amide bonds. The van der Waals surface area contributed by atoms with Gasteiger partial charge < -0.3 is 9.47 Å². The van der Waals surface area contributed by atoms with E-state index in [2.05, 4.69) is 35.3 Å². The van der Waals surface area contributed by atoms with Crippen LogP contribution in [0.25, 0.3) is 11.1 Å². The van der Waals surface area contributed by atoms with Crippen molar-refractivity contribution in [1.82, 2.24) is 4.98 Å². The van der Waals surface area contributed by atoms with Crippen molar-refractivity contribution in [2.75, 3.05) is 6.61 Å². The molecule has 4 rings (SSSR count). The van der Waals surface area contributed by atoms with Crippen LogP contribution >= 0.6 is 0 Å². The van der Waals surface area contributed by atoms with E-state index in [1.807, 2.05) is 43.5 Å². The van der Waals surface area contributed by atoms with Gasteiger partial charge in [-0.25, -0.2) is 0 Å². The molecule has 0 bridgehead atoms. The van der Waals surface area contributed by atoms with Gasteiger partial charge in [0, 0.05) is 12.4 Å². The minimum Gasteiger partial charge on any atom is -0.465 e. The lowest BCUT2D eigenvalue weighted by molar-refractivity contribution is -0.146. The molecule has 1 aromatic heterocycles. The van der Waals surface area contributed by atoms with Crippen molar-refractivity contribution in [3.05, 3.63) is 89.7 Å². The molecule has 3 aromatic rings. The highest BCUT2D eigenvalue weighted by Gasteiger charge is 2.52. The van der Waals surface area contributed by atoms with Gasteiger partial charge in [-0.1, -0.05) is 54.6 Å². The monoisotopic (exact) mass is 387 g/mol. The van der Waals surface area contributed by atoms with Crippen LogP contribution in [0.2, 0.25) is 0 Å². The van der Waals surface area contributed by atoms with Gasteiger partial charge in [0.1, 0.15) is 0 Å². The molecule has 0 radical (unpaired) electrons. The fourth-order valence-corrected chi connectivity index (χ4v) is 3.68. The first-order valence-electron chi connectivity index (χ1n) is 10.1. The first-order valence-corrected chi connectivity index (χ1v) is 10.1. The highest BCUT2D eigenvalue weighted by molar-refractivity contribution is 5.87. The highest BCUT2D eigenvalue weighted by atomic mass is 16.5. The second-order valence-electron chi connectivity index (χ2n) is 7.39. The van der Waals surface area contributed by atoms with Crippen molar-refractivity contribution in [1.29, 1.82) is 0 Å². The third-order valence-electron chi connectivity index (χ3n) is 5.41. The average Bonchev–Trinajstić information content (AvgIpc) is 3.57. The lowest BCUT2D eigenvalue weighted by Crippen LogP contribution is -2.23. The Morgan fingerprint density at radius 3 is 2.55 bits per heavy atom. The van der Waals surface area contributed by atoms with E-state index in [4.69, 9.17) is 9.47 Å². The Balaban J connectivity index is 1.61. The van der Waals surface area contributed by atoms with Gasteiger partial charge in [0.05, 0.1) is 25.2 Å². The average molecular weight is 387 g/mol. The molecule has 1 heterocycles. The zero-order valence-corrected chi connectivity index (χ0v) is 16.6. The van der Waals surface area contributed by atoms with E-state index in [0.29, 0.717) is 19.8 Å². The Morgan fingerprint density at radius 1 is 1.03 bits per heavy atom. The van der Waals surface area contributed by atoms with Crippen molar-refractivity contribution in [3.8, 4) is 11.1 Å². The number of hydrogen-bond donors (Lipinski definition) is 0. The molecule has 4 heteroatoms. The van der Waals surface area contributed by atoms with Gasteiger partial charge in [-0.2, -0.15) is 0 Å². The van der Waals surface area contributed by atoms with E-state index < -0.39 is 5.41 Å². The maximum Gasteiger partial charge on any atom is 0.316 e. The lowest BCUT2D eigenvalue weighted by atomic mass is 9.90. The first-order chi connectivity index (χ1) is 14.2. The second kappa shape index (κ2) is 8.58. The maximum atomic E-state index is 12.5. The number of pyridine rings is 1. The molecule has 1 aliphatic rings. The quantitative estimate of drug-likeness (QED) is 0.507. The molecule has 0 aliphatic heterocycles. The first kappa shape index (κ1) is 19.3. The van der Waals surface area contributed by atoms with Gasteiger partial charge in [0.15, 0.2) is 0 Å². The third kappa shape index (κ3) is 4.22. The zero-order valence-electron chi connectivity index (χ0n) is 16.6. The molecule has 0 spiro atoms. The normalized spacial score (nSPS) is 14.4. The lowest BCUT2D eigenvalue weighted by Gasteiger charge is -2.18. The Bertz CT molecular complexity index is 966. The summed E-state index contributed by atoms with van der Waals surface area (Å²) in [5.74, 6) is -0.116. The summed E-state index contributed by atoms with van der Waals surface area (Å²) in [5, 5.41) is 0. The molecule has 1 fully saturated rings. The van der Waals surface area contributed by atoms with E-state index in [1.165, 1.54) is 0 Å². The summed E-state index contributed by atoms with van der Waals surface area (Å²) >= 11 is 0. The van der Waals surface area contributed by atoms with E-state index in [9.17, 15) is 4.79 Å². The van der Waals surface area contributed by atoms with Gasteiger partial charge in [0.25, 0.3) is 0 Å². The maximum absolute atomic E-state index is 12.5. The van der Waals surface area contributed by atoms with Gasteiger partial charge in [-0.05, 0) is 53.6 Å². The number of esters is 1. The summed E-state index contributed by atoms with van der Waals surface area (Å²) in [4.78, 5) is 16.7. The van der Waals surface area contributed by atoms with Gasteiger partial charge >= 0.3 is 5.97 Å². The number of rotatable bonds is 8. The van der Waals surface area contributed by atoms with Crippen molar-refractivity contribution >= 4 is 5.97 Å². The number of ether oxygens (including phenoxy) is 2. The van der Waals surface area contributed by atoms with Crippen LogP contribution < -0.4 is 0 Å². The van der Waals surface area contributed by atoms with Crippen molar-refractivity contribution < 1.29 is 14.3 Å². The topological polar surface area (TPSA) is 48.4 Å². The van der Waals surface area contributed by atoms with E-state index in [-0.39, 0.29) is 5.97 Å². The van der Waals surface area contributed by atoms with Gasteiger partial charge in [-0.3, -0.25) is 9.78 Å². The zero-order chi connectivity index (χ0) is 20.1. The molecule has 0 unspecified atom stereocenters. The number of benzene rings is 2. The predicted octanol–water partition coefficient (Wildman–Crippen LogP) is 5.06. The molecule has 29 heavy (non-hydrogen) atoms. The standard InChI is InChI=1S/C25H25NO3/c1-2-29-24(27)25(12-13-25)22-10-11-23(20-8-4-3-5-9-20)21(15-22)18-28-17-19-7-6-14-26-16-19/h3-11,14-16H,2,12-13,17-18H2,1H3. The highest BCUT2D eigenvalue weighted by Crippen LogP contribution is 2.50.